The first-order valence-corrected chi connectivity index (χ1v) is 12.9. The molecule has 7 nitrogen and oxygen atoms in total. The zero-order valence-electron chi connectivity index (χ0n) is 20.0. The number of ether oxygens (including phenoxy) is 1. The maximum Gasteiger partial charge on any atom is 0.193 e. The normalized spacial score (nSPS) is 14.4. The lowest BCUT2D eigenvalue weighted by Crippen LogP contribution is -2.16. The lowest BCUT2D eigenvalue weighted by molar-refractivity contribution is -0.112. The number of thioether (sulfide) groups is 2. The van der Waals surface area contributed by atoms with Crippen LogP contribution in [-0.2, 0) is 16.0 Å². The smallest absolute Gasteiger partial charge is 0.193 e. The Morgan fingerprint density at radius 1 is 0.912 bits per heavy atom. The van der Waals surface area contributed by atoms with Gasteiger partial charge in [0, 0.05) is 37.9 Å². The van der Waals surface area contributed by atoms with Crippen molar-refractivity contribution in [2.45, 2.75) is 30.1 Å². The van der Waals surface area contributed by atoms with Crippen LogP contribution in [0.4, 0.5) is 0 Å². The number of rotatable bonds is 10. The number of nitrogens with zero attached hydrogens (tertiary/aromatic N) is 2. The Labute approximate surface area is 209 Å². The van der Waals surface area contributed by atoms with Gasteiger partial charge < -0.3 is 24.7 Å². The van der Waals surface area contributed by atoms with Gasteiger partial charge in [-0.2, -0.15) is 0 Å². The van der Waals surface area contributed by atoms with Crippen LogP contribution in [0.5, 0.6) is 11.5 Å². The number of aliphatic hydroxyl groups excluding tert-OH is 2. The van der Waals surface area contributed by atoms with Crippen molar-refractivity contribution in [2.24, 2.45) is 0 Å². The first-order valence-electron chi connectivity index (χ1n) is 11.1. The van der Waals surface area contributed by atoms with Crippen molar-refractivity contribution in [1.29, 1.82) is 0 Å². The van der Waals surface area contributed by atoms with Gasteiger partial charge in [0.05, 0.1) is 0 Å². The van der Waals surface area contributed by atoms with Gasteiger partial charge in [-0.3, -0.25) is 9.59 Å². The first-order chi connectivity index (χ1) is 16.1. The average Bonchev–Trinajstić information content (AvgIpc) is 2.79. The molecule has 2 atom stereocenters. The van der Waals surface area contributed by atoms with Crippen molar-refractivity contribution >= 4 is 33.8 Å². The molecule has 0 aromatic heterocycles. The van der Waals surface area contributed by atoms with Crippen molar-refractivity contribution in [3.8, 4) is 11.5 Å². The molecule has 0 saturated carbocycles. The monoisotopic (exact) mass is 504 g/mol. The van der Waals surface area contributed by atoms with Crippen LogP contribution in [0.15, 0.2) is 36.4 Å². The second-order valence-corrected chi connectivity index (χ2v) is 11.0. The highest BCUT2D eigenvalue weighted by Crippen LogP contribution is 2.43. The maximum atomic E-state index is 12.3. The lowest BCUT2D eigenvalue weighted by atomic mass is 9.95. The largest absolute Gasteiger partial charge is 0.457 e. The van der Waals surface area contributed by atoms with Crippen LogP contribution in [0, 0.1) is 0 Å². The highest BCUT2D eigenvalue weighted by molar-refractivity contribution is 8.13. The third kappa shape index (κ3) is 7.31. The molecule has 3 rings (SSSR count). The highest BCUT2D eigenvalue weighted by atomic mass is 32.2. The van der Waals surface area contributed by atoms with E-state index >= 15 is 0 Å². The third-order valence-electron chi connectivity index (χ3n) is 5.40. The van der Waals surface area contributed by atoms with Crippen molar-refractivity contribution < 1.29 is 24.5 Å². The van der Waals surface area contributed by atoms with Crippen LogP contribution in [0.3, 0.4) is 0 Å². The summed E-state index contributed by atoms with van der Waals surface area (Å²) in [5, 5.41) is 21.2. The van der Waals surface area contributed by atoms with Crippen LogP contribution in [0.25, 0.3) is 0 Å². The fourth-order valence-electron chi connectivity index (χ4n) is 3.53. The van der Waals surface area contributed by atoms with Crippen molar-refractivity contribution in [3.63, 3.8) is 0 Å². The summed E-state index contributed by atoms with van der Waals surface area (Å²) in [6.45, 7) is 1.26. The van der Waals surface area contributed by atoms with Gasteiger partial charge in [-0.05, 0) is 63.1 Å². The summed E-state index contributed by atoms with van der Waals surface area (Å²) in [7, 11) is 7.61. The molecule has 0 spiro atoms. The number of fused-ring (bicyclic) bond motifs is 2. The molecule has 1 heterocycles. The Morgan fingerprint density at radius 3 is 2.15 bits per heavy atom. The Hall–Kier alpha value is -1.88. The summed E-state index contributed by atoms with van der Waals surface area (Å²) in [6, 6.07) is 10.9. The molecular formula is C25H32N2O5S2. The molecule has 184 valence electrons. The van der Waals surface area contributed by atoms with Gasteiger partial charge in [-0.25, -0.2) is 0 Å². The van der Waals surface area contributed by atoms with Crippen LogP contribution < -0.4 is 4.74 Å². The number of hydrogen-bond donors (Lipinski definition) is 2. The average molecular weight is 505 g/mol. The summed E-state index contributed by atoms with van der Waals surface area (Å²) < 4.78 is 6.06. The molecule has 1 aliphatic heterocycles. The summed E-state index contributed by atoms with van der Waals surface area (Å²) in [4.78, 5) is 28.3. The number of hydrogen-bond acceptors (Lipinski definition) is 9. The van der Waals surface area contributed by atoms with E-state index in [4.69, 9.17) is 4.74 Å². The molecule has 9 heteroatoms. The molecule has 0 amide bonds. The predicted octanol–water partition coefficient (Wildman–Crippen LogP) is 3.79. The van der Waals surface area contributed by atoms with Gasteiger partial charge in [-0.15, -0.1) is 0 Å². The second kappa shape index (κ2) is 12.2. The van der Waals surface area contributed by atoms with E-state index in [1.165, 1.54) is 0 Å². The molecule has 0 bridgehead atoms. The maximum absolute atomic E-state index is 12.3. The van der Waals surface area contributed by atoms with Crippen LogP contribution in [0.2, 0.25) is 0 Å². The summed E-state index contributed by atoms with van der Waals surface area (Å²) in [5.74, 6) is 1.32. The summed E-state index contributed by atoms with van der Waals surface area (Å²) in [6.07, 6.45) is 1.21. The van der Waals surface area contributed by atoms with Gasteiger partial charge in [0.2, 0.25) is 0 Å². The van der Waals surface area contributed by atoms with Gasteiger partial charge >= 0.3 is 0 Å². The standard InChI is InChI=1S/C25H32N2O5S2/c1-26(2)12-10-22(28)33-24(30)16-8-9-20-17(14-16)15-19-18(6-5-7-21(19)32-20)25(31)34-23(29)11-13-27(3)4/h5-9,14,24-25,30-31H,10-13,15H2,1-4H3. The van der Waals surface area contributed by atoms with E-state index in [9.17, 15) is 19.8 Å². The van der Waals surface area contributed by atoms with E-state index in [0.29, 0.717) is 55.0 Å². The minimum Gasteiger partial charge on any atom is -0.457 e. The van der Waals surface area contributed by atoms with E-state index in [2.05, 4.69) is 0 Å². The van der Waals surface area contributed by atoms with Crippen LogP contribution in [0.1, 0.15) is 46.0 Å². The Morgan fingerprint density at radius 2 is 1.53 bits per heavy atom. The molecule has 2 unspecified atom stereocenters. The molecule has 0 aliphatic carbocycles. The minimum atomic E-state index is -0.992. The van der Waals surface area contributed by atoms with Crippen LogP contribution >= 0.6 is 23.5 Å². The Balaban J connectivity index is 1.72. The Kier molecular flexibility index (Phi) is 9.58. The molecule has 0 fully saturated rings. The quantitative estimate of drug-likeness (QED) is 0.400. The predicted molar refractivity (Wildman–Crippen MR) is 137 cm³/mol. The van der Waals surface area contributed by atoms with E-state index in [1.54, 1.807) is 18.2 Å². The lowest BCUT2D eigenvalue weighted by Gasteiger charge is -2.25. The number of carbonyl (C=O) groups is 2. The molecule has 2 N–H and O–H groups in total. The van der Waals surface area contributed by atoms with E-state index in [1.807, 2.05) is 56.2 Å². The molecular weight excluding hydrogens is 472 g/mol. The van der Waals surface area contributed by atoms with E-state index < -0.39 is 10.9 Å². The molecule has 34 heavy (non-hydrogen) atoms. The van der Waals surface area contributed by atoms with E-state index in [0.717, 1.165) is 34.7 Å². The first kappa shape index (κ1) is 26.7. The second-order valence-electron chi connectivity index (χ2n) is 8.76. The van der Waals surface area contributed by atoms with Gasteiger partial charge in [-0.1, -0.05) is 41.7 Å². The van der Waals surface area contributed by atoms with Gasteiger partial charge in [0.1, 0.15) is 22.4 Å². The topological polar surface area (TPSA) is 90.3 Å². The number of benzene rings is 2. The zero-order valence-corrected chi connectivity index (χ0v) is 21.6. The third-order valence-corrected chi connectivity index (χ3v) is 7.31. The summed E-state index contributed by atoms with van der Waals surface area (Å²) in [5.41, 5.74) is 0.983. The van der Waals surface area contributed by atoms with E-state index in [-0.39, 0.29) is 10.2 Å². The Bertz CT molecular complexity index is 1030. The van der Waals surface area contributed by atoms with Crippen LogP contribution in [-0.4, -0.2) is 71.5 Å². The molecule has 0 saturated heterocycles. The minimum absolute atomic E-state index is 0.0677. The zero-order chi connectivity index (χ0) is 24.8. The van der Waals surface area contributed by atoms with Gasteiger partial charge in [0.15, 0.2) is 10.2 Å². The SMILES string of the molecule is CN(C)CCC(=O)SC(O)c1ccc2c(c1)Cc1c(cccc1C(O)SC(=O)CCN(C)C)O2. The number of carbonyl (C=O) groups excluding carboxylic acids is 2. The van der Waals surface area contributed by atoms with Crippen molar-refractivity contribution in [2.75, 3.05) is 41.3 Å². The fraction of sp³-hybridized carbons (Fsp3) is 0.440. The molecule has 2 aromatic carbocycles. The molecule has 1 aliphatic rings. The number of aliphatic hydroxyl groups is 2. The van der Waals surface area contributed by atoms with Crippen molar-refractivity contribution in [1.82, 2.24) is 9.80 Å². The van der Waals surface area contributed by atoms with Crippen molar-refractivity contribution in [3.05, 3.63) is 58.7 Å². The molecule has 0 radical (unpaired) electrons. The fourth-order valence-corrected chi connectivity index (χ4v) is 5.07. The highest BCUT2D eigenvalue weighted by Gasteiger charge is 2.25. The summed E-state index contributed by atoms with van der Waals surface area (Å²) >= 11 is 1.84. The molecule has 2 aromatic rings. The van der Waals surface area contributed by atoms with Gasteiger partial charge in [0.25, 0.3) is 0 Å².